The van der Waals surface area contributed by atoms with E-state index in [0.29, 0.717) is 11.5 Å². The van der Waals surface area contributed by atoms with Crippen LogP contribution in [0.1, 0.15) is 24.6 Å². The van der Waals surface area contributed by atoms with Crippen LogP contribution < -0.4 is 20.9 Å². The van der Waals surface area contributed by atoms with Gasteiger partial charge in [0.15, 0.2) is 0 Å². The van der Waals surface area contributed by atoms with E-state index in [1.165, 1.54) is 12.4 Å². The van der Waals surface area contributed by atoms with Crippen LogP contribution in [0.25, 0.3) is 67.2 Å². The average molecular weight is 977 g/mol. The first kappa shape index (κ1) is 47.6. The van der Waals surface area contributed by atoms with Gasteiger partial charge >= 0.3 is 12.9 Å². The lowest BCUT2D eigenvalue weighted by Crippen LogP contribution is -2.09. The van der Waals surface area contributed by atoms with E-state index >= 15 is 0 Å². The number of rotatable bonds is 11. The molecule has 10 rings (SSSR count). The molecule has 0 aliphatic rings. The second-order valence-corrected chi connectivity index (χ2v) is 17.4. The highest BCUT2D eigenvalue weighted by Gasteiger charge is 2.20. The molecule has 0 unspecified atom stereocenters. The predicted molar refractivity (Wildman–Crippen MR) is 253 cm³/mol. The van der Waals surface area contributed by atoms with E-state index in [2.05, 4.69) is 77.1 Å². The summed E-state index contributed by atoms with van der Waals surface area (Å²) in [4.78, 5) is 35.5. The summed E-state index contributed by atoms with van der Waals surface area (Å²) in [6, 6.07) is 27.9. The lowest BCUT2D eigenvalue weighted by molar-refractivity contribution is 0.115. The second kappa shape index (κ2) is 20.2. The minimum Gasteiger partial charge on any atom is -0.415 e. The van der Waals surface area contributed by atoms with Gasteiger partial charge in [-0.2, -0.15) is 17.6 Å². The number of imidazole rings is 2. The zero-order valence-electron chi connectivity index (χ0n) is 37.5. The van der Waals surface area contributed by atoms with Gasteiger partial charge in [-0.3, -0.25) is 0 Å². The van der Waals surface area contributed by atoms with E-state index in [-0.39, 0.29) is 22.5 Å². The van der Waals surface area contributed by atoms with Crippen molar-refractivity contribution >= 4 is 61.1 Å². The number of H-pyrrole nitrogens is 2. The van der Waals surface area contributed by atoms with Gasteiger partial charge in [-0.15, -0.1) is 20.4 Å². The van der Waals surface area contributed by atoms with E-state index in [1.807, 2.05) is 111 Å². The minimum absolute atomic E-state index is 0.0710. The molecule has 0 saturated carbocycles. The van der Waals surface area contributed by atoms with Gasteiger partial charge in [0.1, 0.15) is 0 Å². The molecule has 25 heteroatoms. The molecule has 6 aromatic heterocycles. The van der Waals surface area contributed by atoms with Gasteiger partial charge in [0.05, 0.1) is 33.2 Å². The number of nitrogens with zero attached hydrogens (tertiary/aromatic N) is 12. The van der Waals surface area contributed by atoms with Crippen LogP contribution in [-0.2, 0) is 9.84 Å². The smallest absolute Gasteiger partial charge is 0.314 e. The Bertz CT molecular complexity index is 3480. The first-order valence-corrected chi connectivity index (χ1v) is 22.5. The number of benzene rings is 4. The van der Waals surface area contributed by atoms with Crippen LogP contribution in [0.5, 0.6) is 0 Å². The van der Waals surface area contributed by atoms with E-state index in [4.69, 9.17) is 15.1 Å². The molecule has 0 fully saturated rings. The summed E-state index contributed by atoms with van der Waals surface area (Å²) in [5.41, 5.74) is 15.7. The summed E-state index contributed by atoms with van der Waals surface area (Å²) >= 11 is 0. The van der Waals surface area contributed by atoms with Gasteiger partial charge < -0.3 is 39.7 Å². The molecule has 6 heterocycles. The van der Waals surface area contributed by atoms with Crippen molar-refractivity contribution < 1.29 is 34.8 Å². The Balaban J connectivity index is 0.000000152. The molecule has 10 aromatic rings. The van der Waals surface area contributed by atoms with Crippen molar-refractivity contribution in [1.82, 2.24) is 60.3 Å². The van der Waals surface area contributed by atoms with E-state index in [0.717, 1.165) is 86.2 Å². The maximum absolute atomic E-state index is 12.7. The quantitative estimate of drug-likeness (QED) is 0.0537. The molecule has 4 aromatic carbocycles. The molecule has 358 valence electrons. The first-order valence-electron chi connectivity index (χ1n) is 20.6. The summed E-state index contributed by atoms with van der Waals surface area (Å²) < 4.78 is 81.5. The Labute approximate surface area is 395 Å². The van der Waals surface area contributed by atoms with Crippen molar-refractivity contribution in [1.29, 1.82) is 0 Å². The number of alkyl halides is 4. The molecular formula is C45H40F4N16O4S. The van der Waals surface area contributed by atoms with E-state index in [9.17, 15) is 26.0 Å². The van der Waals surface area contributed by atoms with Crippen molar-refractivity contribution in [2.45, 2.75) is 18.0 Å². The highest BCUT2D eigenvalue weighted by atomic mass is 32.2. The molecule has 70 heavy (non-hydrogen) atoms. The number of anilines is 5. The Morgan fingerprint density at radius 2 is 1.04 bits per heavy atom. The Hall–Kier alpha value is -8.87. The maximum Gasteiger partial charge on any atom is 0.314 e. The van der Waals surface area contributed by atoms with Crippen LogP contribution >= 0.6 is 0 Å². The molecular weight excluding hydrogens is 937 g/mol. The number of sulfone groups is 1. The summed E-state index contributed by atoms with van der Waals surface area (Å²) in [6.45, 7) is 0. The molecule has 0 radical (unpaired) electrons. The van der Waals surface area contributed by atoms with Gasteiger partial charge in [-0.1, -0.05) is 60.7 Å². The minimum atomic E-state index is -3.52. The SMILES string of the molecule is CN(C)c1nc2c(-c3ccccc3)cc(N)cc2[nH]1.CN(C)c1nc2c(-c3ccccc3)cc(Nc3ncc(-c4nnc(C(F)F)o4)cn3)cc2[nH]1.CS(=O)(=O)c1ncc(-c2nnc(C(F)F)o2)cn1. The van der Waals surface area contributed by atoms with Crippen LogP contribution in [0.2, 0.25) is 0 Å². The lowest BCUT2D eigenvalue weighted by atomic mass is 10.0. The standard InChI is InChI=1S/C22H18F2N8O.C15H16N4.C8H6F2N4O3S/c1-32(2)22-28-16-9-14(8-15(17(16)29-22)12-6-4-3-5-7-12)27-21-25-10-13(11-26-21)19-30-31-20(33-19)18(23)24;1-19(2)15-17-13-9-11(16)8-12(14(13)18-15)10-6-4-3-5-7-10;1-18(15,16)8-11-2-4(3-12-8)6-13-14-7(17-6)5(9)10/h3-11,18H,1-2H3,(H,28,29)(H,25,26,27);3-9H,16H2,1-2H3,(H,17,18);2-3,5H,1H3. The van der Waals surface area contributed by atoms with Gasteiger partial charge in [0.25, 0.3) is 23.6 Å². The fourth-order valence-corrected chi connectivity index (χ4v) is 7.02. The van der Waals surface area contributed by atoms with Crippen molar-refractivity contribution in [3.05, 3.63) is 121 Å². The van der Waals surface area contributed by atoms with Crippen molar-refractivity contribution in [2.24, 2.45) is 0 Å². The number of nitrogens with two attached hydrogens (primary N) is 1. The van der Waals surface area contributed by atoms with Crippen LogP contribution in [0.3, 0.4) is 0 Å². The molecule has 0 amide bonds. The van der Waals surface area contributed by atoms with Gasteiger partial charge in [-0.25, -0.2) is 38.3 Å². The van der Waals surface area contributed by atoms with Crippen LogP contribution in [-0.4, -0.2) is 103 Å². The molecule has 0 bridgehead atoms. The third-order valence-corrected chi connectivity index (χ3v) is 10.7. The van der Waals surface area contributed by atoms with Crippen LogP contribution in [0.15, 0.2) is 124 Å². The average Bonchev–Trinajstić information content (AvgIpc) is 4.19. The van der Waals surface area contributed by atoms with Gasteiger partial charge in [-0.05, 0) is 35.4 Å². The molecule has 0 saturated heterocycles. The highest BCUT2D eigenvalue weighted by Crippen LogP contribution is 2.34. The molecule has 0 atom stereocenters. The molecule has 0 spiro atoms. The lowest BCUT2D eigenvalue weighted by Gasteiger charge is -2.09. The van der Waals surface area contributed by atoms with Gasteiger partial charge in [0, 0.05) is 81.7 Å². The monoisotopic (exact) mass is 976 g/mol. The zero-order valence-corrected chi connectivity index (χ0v) is 38.4. The van der Waals surface area contributed by atoms with E-state index in [1.54, 1.807) is 0 Å². The van der Waals surface area contributed by atoms with Gasteiger partial charge in [0.2, 0.25) is 32.8 Å². The first-order chi connectivity index (χ1) is 33.5. The fourth-order valence-electron chi connectivity index (χ4n) is 6.53. The Morgan fingerprint density at radius 3 is 1.47 bits per heavy atom. The summed E-state index contributed by atoms with van der Waals surface area (Å²) in [5.74, 6) is 0.0462. The Morgan fingerprint density at radius 1 is 0.600 bits per heavy atom. The number of nitrogen functional groups attached to an aromatic ring is 1. The largest absolute Gasteiger partial charge is 0.415 e. The number of hydrogen-bond acceptors (Lipinski definition) is 18. The topological polar surface area (TPSA) is 265 Å². The third kappa shape index (κ3) is 10.9. The molecule has 5 N–H and O–H groups in total. The summed E-state index contributed by atoms with van der Waals surface area (Å²) in [5, 5.41) is 16.2. The fraction of sp³-hybridized carbons (Fsp3) is 0.156. The third-order valence-electron chi connectivity index (χ3n) is 9.80. The predicted octanol–water partition coefficient (Wildman–Crippen LogP) is 8.56. The van der Waals surface area contributed by atoms with E-state index < -0.39 is 34.5 Å². The number of fused-ring (bicyclic) bond motifs is 2. The molecule has 0 aliphatic heterocycles. The molecule has 0 aliphatic carbocycles. The second-order valence-electron chi connectivity index (χ2n) is 15.5. The number of aromatic nitrogens is 12. The highest BCUT2D eigenvalue weighted by molar-refractivity contribution is 7.90. The van der Waals surface area contributed by atoms with Crippen molar-refractivity contribution in [2.75, 3.05) is 55.3 Å². The zero-order chi connectivity index (χ0) is 49.7. The molecule has 20 nitrogen and oxygen atoms in total. The normalized spacial score (nSPS) is 11.4. The Kier molecular flexibility index (Phi) is 13.7. The number of halogens is 4. The summed E-state index contributed by atoms with van der Waals surface area (Å²) in [6.07, 6.45) is 0.297. The summed E-state index contributed by atoms with van der Waals surface area (Å²) in [7, 11) is 4.24. The van der Waals surface area contributed by atoms with Crippen molar-refractivity contribution in [3.8, 4) is 45.2 Å². The number of aromatic amines is 2. The van der Waals surface area contributed by atoms with Crippen LogP contribution in [0.4, 0.5) is 46.8 Å². The van der Waals surface area contributed by atoms with Crippen molar-refractivity contribution in [3.63, 3.8) is 0 Å². The van der Waals surface area contributed by atoms with Crippen LogP contribution in [0, 0.1) is 0 Å². The number of nitrogens with one attached hydrogen (secondary N) is 3. The maximum atomic E-state index is 12.7. The number of hydrogen-bond donors (Lipinski definition) is 4.